The summed E-state index contributed by atoms with van der Waals surface area (Å²) in [5, 5.41) is 2.20. The molecule has 126 valence electrons. The van der Waals surface area contributed by atoms with Gasteiger partial charge < -0.3 is 0 Å². The number of amides is 2. The molecule has 0 radical (unpaired) electrons. The molecule has 0 atom stereocenters. The monoisotopic (exact) mass is 408 g/mol. The van der Waals surface area contributed by atoms with Gasteiger partial charge in [0, 0.05) is 15.6 Å². The first-order chi connectivity index (χ1) is 11.9. The SMILES string of the molecule is O=C(NN1C(=O)/C(=C/c2ccc(Cl)cc2)SC1=S)c1ccc(Cl)cc1. The van der Waals surface area contributed by atoms with Crippen molar-refractivity contribution >= 4 is 69.4 Å². The zero-order valence-corrected chi connectivity index (χ0v) is 15.7. The molecule has 8 heteroatoms. The summed E-state index contributed by atoms with van der Waals surface area (Å²) >= 11 is 18.0. The Hall–Kier alpha value is -1.86. The van der Waals surface area contributed by atoms with Gasteiger partial charge >= 0.3 is 0 Å². The molecule has 25 heavy (non-hydrogen) atoms. The lowest BCUT2D eigenvalue weighted by Gasteiger charge is -2.15. The van der Waals surface area contributed by atoms with Gasteiger partial charge in [-0.05, 0) is 60.3 Å². The third-order valence-electron chi connectivity index (χ3n) is 3.28. The van der Waals surface area contributed by atoms with Crippen molar-refractivity contribution < 1.29 is 9.59 Å². The Bertz CT molecular complexity index is 881. The van der Waals surface area contributed by atoms with Crippen molar-refractivity contribution in [3.63, 3.8) is 0 Å². The van der Waals surface area contributed by atoms with Crippen LogP contribution in [0.5, 0.6) is 0 Å². The standard InChI is InChI=1S/C17H10Cl2N2O2S2/c18-12-5-1-10(2-6-12)9-14-16(23)21(17(24)25-14)20-15(22)11-3-7-13(19)8-4-11/h1-9H,(H,20,22)/b14-9-. The number of carbonyl (C=O) groups is 2. The van der Waals surface area contributed by atoms with Crippen LogP contribution in [-0.4, -0.2) is 21.1 Å². The van der Waals surface area contributed by atoms with Crippen LogP contribution < -0.4 is 5.43 Å². The Balaban J connectivity index is 1.76. The van der Waals surface area contributed by atoms with E-state index in [4.69, 9.17) is 35.4 Å². The second-order valence-corrected chi connectivity index (χ2v) is 7.57. The van der Waals surface area contributed by atoms with Crippen LogP contribution in [0.4, 0.5) is 0 Å². The Kier molecular flexibility index (Phi) is 5.44. The lowest BCUT2D eigenvalue weighted by atomic mass is 10.2. The van der Waals surface area contributed by atoms with Crippen LogP contribution in [0.2, 0.25) is 10.0 Å². The number of hydrogen-bond acceptors (Lipinski definition) is 4. The van der Waals surface area contributed by atoms with E-state index in [1.165, 1.54) is 0 Å². The molecule has 1 saturated heterocycles. The van der Waals surface area contributed by atoms with E-state index in [2.05, 4.69) is 5.43 Å². The van der Waals surface area contributed by atoms with Gasteiger partial charge in [-0.3, -0.25) is 15.0 Å². The molecular weight excluding hydrogens is 399 g/mol. The lowest BCUT2D eigenvalue weighted by molar-refractivity contribution is -0.123. The summed E-state index contributed by atoms with van der Waals surface area (Å²) in [5.41, 5.74) is 3.71. The van der Waals surface area contributed by atoms with Crippen LogP contribution in [0, 0.1) is 0 Å². The highest BCUT2D eigenvalue weighted by molar-refractivity contribution is 8.26. The van der Waals surface area contributed by atoms with Crippen molar-refractivity contribution in [1.82, 2.24) is 10.4 Å². The molecule has 0 unspecified atom stereocenters. The van der Waals surface area contributed by atoms with Gasteiger partial charge in [0.1, 0.15) is 0 Å². The molecule has 0 saturated carbocycles. The molecule has 3 rings (SSSR count). The van der Waals surface area contributed by atoms with E-state index in [-0.39, 0.29) is 10.2 Å². The molecule has 0 bridgehead atoms. The van der Waals surface area contributed by atoms with Crippen molar-refractivity contribution in [1.29, 1.82) is 0 Å². The molecule has 1 aliphatic rings. The molecule has 1 aliphatic heterocycles. The summed E-state index contributed by atoms with van der Waals surface area (Å²) in [6.07, 6.45) is 1.70. The molecule has 0 aromatic heterocycles. The van der Waals surface area contributed by atoms with Crippen molar-refractivity contribution in [3.05, 3.63) is 74.6 Å². The zero-order valence-electron chi connectivity index (χ0n) is 12.5. The largest absolute Gasteiger partial charge is 0.285 e. The van der Waals surface area contributed by atoms with Crippen molar-refractivity contribution in [3.8, 4) is 0 Å². The molecule has 1 heterocycles. The summed E-state index contributed by atoms with van der Waals surface area (Å²) in [4.78, 5) is 25.2. The summed E-state index contributed by atoms with van der Waals surface area (Å²) in [6.45, 7) is 0. The van der Waals surface area contributed by atoms with Gasteiger partial charge in [-0.1, -0.05) is 47.1 Å². The van der Waals surface area contributed by atoms with Crippen molar-refractivity contribution in [2.75, 3.05) is 0 Å². The van der Waals surface area contributed by atoms with Crippen LogP contribution in [0.1, 0.15) is 15.9 Å². The molecule has 2 aromatic rings. The third-order valence-corrected chi connectivity index (χ3v) is 5.09. The number of thiocarbonyl (C=S) groups is 1. The first kappa shape index (κ1) is 17.9. The fraction of sp³-hybridized carbons (Fsp3) is 0. The molecule has 1 N–H and O–H groups in total. The molecule has 0 aliphatic carbocycles. The molecule has 2 aromatic carbocycles. The number of rotatable bonds is 3. The van der Waals surface area contributed by atoms with Crippen LogP contribution in [0.15, 0.2) is 53.4 Å². The highest BCUT2D eigenvalue weighted by atomic mass is 35.5. The predicted octanol–water partition coefficient (Wildman–Crippen LogP) is 4.54. The van der Waals surface area contributed by atoms with Gasteiger partial charge in [-0.2, -0.15) is 5.01 Å². The number of hydrazine groups is 1. The number of halogens is 2. The summed E-state index contributed by atoms with van der Waals surface area (Å²) in [7, 11) is 0. The summed E-state index contributed by atoms with van der Waals surface area (Å²) in [5.74, 6) is -0.826. The fourth-order valence-corrected chi connectivity index (χ4v) is 3.47. The molecule has 1 fully saturated rings. The van der Waals surface area contributed by atoms with E-state index in [9.17, 15) is 9.59 Å². The van der Waals surface area contributed by atoms with Gasteiger partial charge in [0.15, 0.2) is 4.32 Å². The minimum atomic E-state index is -0.444. The topological polar surface area (TPSA) is 49.4 Å². The number of thioether (sulfide) groups is 1. The van der Waals surface area contributed by atoms with E-state index >= 15 is 0 Å². The smallest absolute Gasteiger partial charge is 0.267 e. The number of benzene rings is 2. The molecule has 4 nitrogen and oxygen atoms in total. The Morgan fingerprint density at radius 3 is 2.20 bits per heavy atom. The van der Waals surface area contributed by atoms with Crippen LogP contribution >= 0.6 is 47.2 Å². The first-order valence-corrected chi connectivity index (χ1v) is 9.02. The number of nitrogens with zero attached hydrogens (tertiary/aromatic N) is 1. The molecular formula is C17H10Cl2N2O2S2. The number of carbonyl (C=O) groups excluding carboxylic acids is 2. The first-order valence-electron chi connectivity index (χ1n) is 7.04. The fourth-order valence-electron chi connectivity index (χ4n) is 2.04. The quantitative estimate of drug-likeness (QED) is 0.598. The average Bonchev–Trinajstić information content (AvgIpc) is 2.85. The van der Waals surface area contributed by atoms with Crippen LogP contribution in [-0.2, 0) is 4.79 Å². The van der Waals surface area contributed by atoms with Crippen molar-refractivity contribution in [2.45, 2.75) is 0 Å². The van der Waals surface area contributed by atoms with Crippen LogP contribution in [0.3, 0.4) is 0 Å². The Morgan fingerprint density at radius 2 is 1.60 bits per heavy atom. The Labute approximate surface area is 163 Å². The van der Waals surface area contributed by atoms with E-state index < -0.39 is 5.91 Å². The highest BCUT2D eigenvalue weighted by Gasteiger charge is 2.33. The lowest BCUT2D eigenvalue weighted by Crippen LogP contribution is -2.44. The molecule has 0 spiro atoms. The van der Waals surface area contributed by atoms with E-state index in [1.54, 1.807) is 54.6 Å². The number of hydrogen-bond donors (Lipinski definition) is 1. The average molecular weight is 409 g/mol. The summed E-state index contributed by atoms with van der Waals surface area (Å²) < 4.78 is 0.257. The second-order valence-electron chi connectivity index (χ2n) is 5.02. The van der Waals surface area contributed by atoms with E-state index in [1.807, 2.05) is 0 Å². The van der Waals surface area contributed by atoms with Crippen molar-refractivity contribution in [2.24, 2.45) is 0 Å². The van der Waals surface area contributed by atoms with E-state index in [0.717, 1.165) is 22.3 Å². The van der Waals surface area contributed by atoms with Gasteiger partial charge in [-0.25, -0.2) is 0 Å². The Morgan fingerprint density at radius 1 is 1.04 bits per heavy atom. The minimum Gasteiger partial charge on any atom is -0.267 e. The predicted molar refractivity (Wildman–Crippen MR) is 105 cm³/mol. The maximum atomic E-state index is 12.5. The maximum absolute atomic E-state index is 12.5. The zero-order chi connectivity index (χ0) is 18.0. The maximum Gasteiger partial charge on any atom is 0.285 e. The van der Waals surface area contributed by atoms with E-state index in [0.29, 0.717) is 20.5 Å². The normalized spacial score (nSPS) is 15.8. The molecule has 2 amide bonds. The van der Waals surface area contributed by atoms with Gasteiger partial charge in [-0.15, -0.1) is 0 Å². The van der Waals surface area contributed by atoms with Crippen LogP contribution in [0.25, 0.3) is 6.08 Å². The summed E-state index contributed by atoms with van der Waals surface area (Å²) in [6, 6.07) is 13.4. The highest BCUT2D eigenvalue weighted by Crippen LogP contribution is 2.31. The minimum absolute atomic E-state index is 0.257. The van der Waals surface area contributed by atoms with Gasteiger partial charge in [0.2, 0.25) is 0 Å². The third kappa shape index (κ3) is 4.22. The van der Waals surface area contributed by atoms with Gasteiger partial charge in [0.05, 0.1) is 4.91 Å². The second kappa shape index (κ2) is 7.58. The number of nitrogens with one attached hydrogen (secondary N) is 1. The van der Waals surface area contributed by atoms with Gasteiger partial charge in [0.25, 0.3) is 11.8 Å².